The van der Waals surface area contributed by atoms with Crippen LogP contribution < -0.4 is 19.3 Å². The first-order chi connectivity index (χ1) is 13.7. The molecule has 1 saturated heterocycles. The molecule has 4 rings (SSSR count). The van der Waals surface area contributed by atoms with E-state index in [1.807, 2.05) is 42.5 Å². The van der Waals surface area contributed by atoms with E-state index in [2.05, 4.69) is 19.9 Å². The van der Waals surface area contributed by atoms with E-state index in [1.165, 1.54) is 0 Å². The van der Waals surface area contributed by atoms with E-state index < -0.39 is 0 Å². The topological polar surface area (TPSA) is 63.9 Å². The summed E-state index contributed by atoms with van der Waals surface area (Å²) in [5.41, 5.74) is 1.98. The number of hydrogen-bond donors (Lipinski definition) is 0. The van der Waals surface area contributed by atoms with Crippen molar-refractivity contribution >= 4 is 23.3 Å². The minimum atomic E-state index is 0.539. The lowest BCUT2D eigenvalue weighted by molar-refractivity contribution is 0.355. The molecule has 2 aromatic carbocycles. The number of ether oxygens (including phenoxy) is 2. The Morgan fingerprint density at radius 2 is 1.57 bits per heavy atom. The molecule has 1 aliphatic heterocycles. The van der Waals surface area contributed by atoms with E-state index in [9.17, 15) is 0 Å². The maximum absolute atomic E-state index is 5.93. The zero-order valence-corrected chi connectivity index (χ0v) is 16.5. The fourth-order valence-corrected chi connectivity index (χ4v) is 3.36. The zero-order valence-electron chi connectivity index (χ0n) is 15.8. The second kappa shape index (κ2) is 7.98. The third kappa shape index (κ3) is 3.71. The first-order valence-corrected chi connectivity index (χ1v) is 9.37. The maximum atomic E-state index is 5.93. The van der Waals surface area contributed by atoms with Crippen LogP contribution in [-0.4, -0.2) is 50.5 Å². The first kappa shape index (κ1) is 18.4. The molecule has 0 radical (unpaired) electrons. The van der Waals surface area contributed by atoms with Gasteiger partial charge in [-0.3, -0.25) is 0 Å². The summed E-state index contributed by atoms with van der Waals surface area (Å²) in [5, 5.41) is 4.77. The summed E-state index contributed by atoms with van der Waals surface area (Å²) < 4.78 is 16.2. The number of anilines is 2. The third-order valence-corrected chi connectivity index (χ3v) is 5.05. The Morgan fingerprint density at radius 1 is 0.893 bits per heavy atom. The number of benzene rings is 2. The monoisotopic (exact) mass is 400 g/mol. The van der Waals surface area contributed by atoms with Gasteiger partial charge in [-0.25, -0.2) is 0 Å². The van der Waals surface area contributed by atoms with Gasteiger partial charge in [0.1, 0.15) is 0 Å². The van der Waals surface area contributed by atoms with E-state index in [-0.39, 0.29) is 0 Å². The van der Waals surface area contributed by atoms with Gasteiger partial charge in [0.2, 0.25) is 5.82 Å². The fourth-order valence-electron chi connectivity index (χ4n) is 3.24. The molecule has 3 aromatic rings. The van der Waals surface area contributed by atoms with Crippen molar-refractivity contribution in [1.29, 1.82) is 0 Å². The SMILES string of the molecule is COc1ccc(N2CCN(c3nc(-c4ccc(Cl)cc4)no3)CC2)cc1OC. The highest BCUT2D eigenvalue weighted by atomic mass is 35.5. The van der Waals surface area contributed by atoms with Crippen molar-refractivity contribution in [1.82, 2.24) is 10.1 Å². The van der Waals surface area contributed by atoms with Crippen LogP contribution in [0.2, 0.25) is 5.02 Å². The highest BCUT2D eigenvalue weighted by molar-refractivity contribution is 6.30. The highest BCUT2D eigenvalue weighted by Crippen LogP contribution is 2.32. The lowest BCUT2D eigenvalue weighted by Crippen LogP contribution is -2.46. The summed E-state index contributed by atoms with van der Waals surface area (Å²) in [7, 11) is 3.28. The summed E-state index contributed by atoms with van der Waals surface area (Å²) in [5.74, 6) is 2.02. The lowest BCUT2D eigenvalue weighted by Gasteiger charge is -2.35. The normalized spacial score (nSPS) is 14.2. The molecule has 0 atom stereocenters. The second-order valence-corrected chi connectivity index (χ2v) is 6.86. The van der Waals surface area contributed by atoms with Gasteiger partial charge in [-0.15, -0.1) is 0 Å². The second-order valence-electron chi connectivity index (χ2n) is 6.42. The molecule has 1 aliphatic rings. The average molecular weight is 401 g/mol. The summed E-state index contributed by atoms with van der Waals surface area (Å²) in [6, 6.07) is 13.9. The Balaban J connectivity index is 1.42. The van der Waals surface area contributed by atoms with Crippen LogP contribution in [-0.2, 0) is 0 Å². The summed E-state index contributed by atoms with van der Waals surface area (Å²) >= 11 is 5.93. The van der Waals surface area contributed by atoms with Crippen LogP contribution in [0.15, 0.2) is 47.0 Å². The van der Waals surface area contributed by atoms with E-state index in [1.54, 1.807) is 14.2 Å². The van der Waals surface area contributed by atoms with Crippen molar-refractivity contribution in [3.05, 3.63) is 47.5 Å². The zero-order chi connectivity index (χ0) is 19.5. The van der Waals surface area contributed by atoms with Gasteiger partial charge in [0.25, 0.3) is 0 Å². The van der Waals surface area contributed by atoms with Crippen molar-refractivity contribution in [3.8, 4) is 22.9 Å². The number of methoxy groups -OCH3 is 2. The molecule has 2 heterocycles. The Labute approximate surface area is 168 Å². The van der Waals surface area contributed by atoms with Crippen molar-refractivity contribution in [3.63, 3.8) is 0 Å². The van der Waals surface area contributed by atoms with Crippen LogP contribution in [0.4, 0.5) is 11.7 Å². The quantitative estimate of drug-likeness (QED) is 0.646. The van der Waals surface area contributed by atoms with Gasteiger partial charge < -0.3 is 23.8 Å². The molecule has 0 aliphatic carbocycles. The molecule has 7 nitrogen and oxygen atoms in total. The van der Waals surface area contributed by atoms with Crippen LogP contribution in [0, 0.1) is 0 Å². The van der Waals surface area contributed by atoms with Gasteiger partial charge in [-0.05, 0) is 36.4 Å². The van der Waals surface area contributed by atoms with Gasteiger partial charge in [-0.1, -0.05) is 16.8 Å². The maximum Gasteiger partial charge on any atom is 0.324 e. The molecule has 0 bridgehead atoms. The molecule has 0 spiro atoms. The standard InChI is InChI=1S/C20H21ClN4O3/c1-26-17-8-7-16(13-18(17)27-2)24-9-11-25(12-10-24)20-22-19(23-28-20)14-3-5-15(21)6-4-14/h3-8,13H,9-12H2,1-2H3. The van der Waals surface area contributed by atoms with Gasteiger partial charge in [0.05, 0.1) is 14.2 Å². The van der Waals surface area contributed by atoms with Crippen LogP contribution in [0.25, 0.3) is 11.4 Å². The Hall–Kier alpha value is -2.93. The molecular formula is C20H21ClN4O3. The fraction of sp³-hybridized carbons (Fsp3) is 0.300. The molecule has 1 fully saturated rings. The van der Waals surface area contributed by atoms with Crippen molar-refractivity contribution in [2.45, 2.75) is 0 Å². The molecule has 0 N–H and O–H groups in total. The number of piperazine rings is 1. The summed E-state index contributed by atoms with van der Waals surface area (Å²) in [6.07, 6.45) is 0. The molecule has 146 valence electrons. The van der Waals surface area contributed by atoms with Crippen molar-refractivity contribution < 1.29 is 14.0 Å². The van der Waals surface area contributed by atoms with Gasteiger partial charge in [0.15, 0.2) is 11.5 Å². The summed E-state index contributed by atoms with van der Waals surface area (Å²) in [4.78, 5) is 8.93. The van der Waals surface area contributed by atoms with Crippen molar-refractivity contribution in [2.24, 2.45) is 0 Å². The van der Waals surface area contributed by atoms with Gasteiger partial charge in [0, 0.05) is 48.5 Å². The Kier molecular flexibility index (Phi) is 5.25. The number of rotatable bonds is 5. The molecular weight excluding hydrogens is 380 g/mol. The molecule has 0 saturated carbocycles. The highest BCUT2D eigenvalue weighted by Gasteiger charge is 2.22. The van der Waals surface area contributed by atoms with E-state index in [0.717, 1.165) is 48.9 Å². The lowest BCUT2D eigenvalue weighted by atomic mass is 10.2. The predicted octanol–water partition coefficient (Wildman–Crippen LogP) is 3.73. The number of halogens is 1. The van der Waals surface area contributed by atoms with Gasteiger partial charge in [-0.2, -0.15) is 4.98 Å². The number of nitrogens with zero attached hydrogens (tertiary/aromatic N) is 4. The van der Waals surface area contributed by atoms with Gasteiger partial charge >= 0.3 is 6.01 Å². The number of aromatic nitrogens is 2. The third-order valence-electron chi connectivity index (χ3n) is 4.80. The molecule has 0 amide bonds. The predicted molar refractivity (Wildman–Crippen MR) is 109 cm³/mol. The molecule has 8 heteroatoms. The van der Waals surface area contributed by atoms with Crippen LogP contribution >= 0.6 is 11.6 Å². The molecule has 1 aromatic heterocycles. The average Bonchev–Trinajstić information content (AvgIpc) is 3.24. The van der Waals surface area contributed by atoms with E-state index in [4.69, 9.17) is 25.6 Å². The van der Waals surface area contributed by atoms with E-state index in [0.29, 0.717) is 16.9 Å². The first-order valence-electron chi connectivity index (χ1n) is 8.99. The molecule has 0 unspecified atom stereocenters. The van der Waals surface area contributed by atoms with Crippen LogP contribution in [0.1, 0.15) is 0 Å². The number of hydrogen-bond acceptors (Lipinski definition) is 7. The molecule has 28 heavy (non-hydrogen) atoms. The summed E-state index contributed by atoms with van der Waals surface area (Å²) in [6.45, 7) is 3.26. The largest absolute Gasteiger partial charge is 0.493 e. The van der Waals surface area contributed by atoms with Crippen LogP contribution in [0.5, 0.6) is 11.5 Å². The Bertz CT molecular complexity index is 937. The van der Waals surface area contributed by atoms with Crippen molar-refractivity contribution in [2.75, 3.05) is 50.2 Å². The Morgan fingerprint density at radius 3 is 2.25 bits per heavy atom. The van der Waals surface area contributed by atoms with Crippen LogP contribution in [0.3, 0.4) is 0 Å². The smallest absolute Gasteiger partial charge is 0.324 e. The minimum Gasteiger partial charge on any atom is -0.493 e. The minimum absolute atomic E-state index is 0.539. The van der Waals surface area contributed by atoms with E-state index >= 15 is 0 Å².